The molecule has 8 aromatic rings. The minimum atomic E-state index is 0.0616. The second-order valence-electron chi connectivity index (χ2n) is 11.6. The van der Waals surface area contributed by atoms with Gasteiger partial charge in [-0.15, -0.1) is 0 Å². The predicted molar refractivity (Wildman–Crippen MR) is 178 cm³/mol. The van der Waals surface area contributed by atoms with Crippen LogP contribution in [0.15, 0.2) is 146 Å². The molecule has 0 saturated heterocycles. The molecule has 0 fully saturated rings. The molecule has 0 aromatic heterocycles. The van der Waals surface area contributed by atoms with Crippen LogP contribution in [0.2, 0.25) is 0 Å². The molecule has 0 atom stereocenters. The van der Waals surface area contributed by atoms with E-state index in [4.69, 9.17) is 0 Å². The van der Waals surface area contributed by atoms with Crippen LogP contribution in [0, 0.1) is 0 Å². The lowest BCUT2D eigenvalue weighted by Crippen LogP contribution is -2.32. The topological polar surface area (TPSA) is 3.24 Å². The third-order valence-electron chi connectivity index (χ3n) is 9.60. The van der Waals surface area contributed by atoms with Gasteiger partial charge >= 0.3 is 0 Å². The maximum Gasteiger partial charge on any atom is 0.0857 e. The zero-order chi connectivity index (χ0) is 27.4. The van der Waals surface area contributed by atoms with Crippen molar-refractivity contribution in [1.29, 1.82) is 0 Å². The lowest BCUT2D eigenvalue weighted by Gasteiger charge is -2.46. The summed E-state index contributed by atoms with van der Waals surface area (Å²) in [5.74, 6) is 0. The standard InChI is InChI=1S/C41H25N/c1-5-13-29-25(9-1)17-21-33-37(29)39-31-15-7-3-11-27(31)19-23-35(39)42-36-24-20-28-12-4-8-16-32(28)40(36)38-30-14-6-2-10-26(30)18-22-34(38)41(33)42/h1-24,41H. The first-order valence-corrected chi connectivity index (χ1v) is 14.7. The van der Waals surface area contributed by atoms with E-state index in [1.165, 1.54) is 87.8 Å². The molecule has 1 nitrogen and oxygen atoms in total. The van der Waals surface area contributed by atoms with E-state index < -0.39 is 0 Å². The molecule has 194 valence electrons. The Hall–Kier alpha value is -5.40. The van der Waals surface area contributed by atoms with Gasteiger partial charge in [0.2, 0.25) is 0 Å². The summed E-state index contributed by atoms with van der Waals surface area (Å²) in [5.41, 5.74) is 10.7. The largest absolute Gasteiger partial charge is 0.329 e. The summed E-state index contributed by atoms with van der Waals surface area (Å²) in [6.45, 7) is 0. The predicted octanol–water partition coefficient (Wildman–Crippen LogP) is 11.2. The fourth-order valence-electron chi connectivity index (χ4n) is 7.89. The van der Waals surface area contributed by atoms with Gasteiger partial charge in [0, 0.05) is 11.1 Å². The van der Waals surface area contributed by atoms with Gasteiger partial charge in [-0.1, -0.05) is 133 Å². The lowest BCUT2D eigenvalue weighted by atomic mass is 9.74. The maximum atomic E-state index is 2.64. The number of fused-ring (bicyclic) bond motifs is 19. The smallest absolute Gasteiger partial charge is 0.0857 e. The monoisotopic (exact) mass is 531 g/mol. The van der Waals surface area contributed by atoms with Gasteiger partial charge in [0.05, 0.1) is 17.4 Å². The van der Waals surface area contributed by atoms with Gasteiger partial charge in [-0.25, -0.2) is 0 Å². The Bertz CT molecular complexity index is 2090. The van der Waals surface area contributed by atoms with Crippen molar-refractivity contribution in [3.63, 3.8) is 0 Å². The van der Waals surface area contributed by atoms with Crippen LogP contribution in [-0.4, -0.2) is 0 Å². The normalized spacial score (nSPS) is 13.6. The number of hydrogen-bond acceptors (Lipinski definition) is 1. The molecular weight excluding hydrogens is 506 g/mol. The van der Waals surface area contributed by atoms with Crippen molar-refractivity contribution in [2.24, 2.45) is 0 Å². The number of rotatable bonds is 0. The Morgan fingerprint density at radius 1 is 0.310 bits per heavy atom. The van der Waals surface area contributed by atoms with Crippen molar-refractivity contribution >= 4 is 54.5 Å². The summed E-state index contributed by atoms with van der Waals surface area (Å²) in [6.07, 6.45) is 0. The Labute approximate surface area is 243 Å². The van der Waals surface area contributed by atoms with Crippen molar-refractivity contribution in [3.8, 4) is 22.3 Å². The second-order valence-corrected chi connectivity index (χ2v) is 11.6. The number of hydrogen-bond donors (Lipinski definition) is 0. The summed E-state index contributed by atoms with van der Waals surface area (Å²) >= 11 is 0. The van der Waals surface area contributed by atoms with Crippen molar-refractivity contribution < 1.29 is 0 Å². The molecule has 2 aliphatic heterocycles. The number of nitrogens with zero attached hydrogens (tertiary/aromatic N) is 1. The van der Waals surface area contributed by atoms with Crippen LogP contribution in [0.1, 0.15) is 17.2 Å². The average molecular weight is 532 g/mol. The maximum absolute atomic E-state index is 2.64. The SMILES string of the molecule is c1ccc2c3c(ccc2c1)C1c2ccc4ccccc4c2-c2c(ccc4ccccc24)N1c1ccc2ccccc2c1-3. The van der Waals surface area contributed by atoms with E-state index in [0.29, 0.717) is 0 Å². The minimum absolute atomic E-state index is 0.0616. The highest BCUT2D eigenvalue weighted by molar-refractivity contribution is 6.18. The molecule has 0 N–H and O–H groups in total. The summed E-state index contributed by atoms with van der Waals surface area (Å²) in [5, 5.41) is 10.4. The van der Waals surface area contributed by atoms with Crippen molar-refractivity contribution in [2.75, 3.05) is 4.90 Å². The molecule has 0 saturated carbocycles. The first-order valence-electron chi connectivity index (χ1n) is 14.7. The fourth-order valence-corrected chi connectivity index (χ4v) is 7.89. The van der Waals surface area contributed by atoms with Crippen LogP contribution >= 0.6 is 0 Å². The van der Waals surface area contributed by atoms with Gasteiger partial charge in [-0.05, 0) is 77.5 Å². The summed E-state index contributed by atoms with van der Waals surface area (Å²) in [6, 6.07) is 54.3. The second kappa shape index (κ2) is 8.09. The summed E-state index contributed by atoms with van der Waals surface area (Å²) in [4.78, 5) is 2.64. The summed E-state index contributed by atoms with van der Waals surface area (Å²) in [7, 11) is 0. The minimum Gasteiger partial charge on any atom is -0.329 e. The van der Waals surface area contributed by atoms with Gasteiger partial charge in [0.1, 0.15) is 0 Å². The quantitative estimate of drug-likeness (QED) is 0.188. The van der Waals surface area contributed by atoms with Crippen molar-refractivity contribution in [2.45, 2.75) is 6.04 Å². The Morgan fingerprint density at radius 2 is 0.643 bits per heavy atom. The lowest BCUT2D eigenvalue weighted by molar-refractivity contribution is 0.808. The number of benzene rings is 8. The van der Waals surface area contributed by atoms with Crippen LogP contribution in [0.5, 0.6) is 0 Å². The van der Waals surface area contributed by atoms with E-state index in [0.717, 1.165) is 0 Å². The molecule has 10 rings (SSSR count). The summed E-state index contributed by atoms with van der Waals surface area (Å²) < 4.78 is 0. The van der Waals surface area contributed by atoms with E-state index >= 15 is 0 Å². The van der Waals surface area contributed by atoms with Crippen LogP contribution in [0.3, 0.4) is 0 Å². The van der Waals surface area contributed by atoms with Gasteiger partial charge in [-0.3, -0.25) is 0 Å². The van der Waals surface area contributed by atoms with E-state index in [-0.39, 0.29) is 6.04 Å². The highest BCUT2D eigenvalue weighted by atomic mass is 15.2. The van der Waals surface area contributed by atoms with Crippen LogP contribution in [0.4, 0.5) is 11.4 Å². The van der Waals surface area contributed by atoms with Gasteiger partial charge in [0.25, 0.3) is 0 Å². The molecule has 2 heterocycles. The Morgan fingerprint density at radius 3 is 1.05 bits per heavy atom. The van der Waals surface area contributed by atoms with Gasteiger partial charge < -0.3 is 4.90 Å². The van der Waals surface area contributed by atoms with E-state index in [2.05, 4.69) is 150 Å². The van der Waals surface area contributed by atoms with Gasteiger partial charge in [-0.2, -0.15) is 0 Å². The Balaban J connectivity index is 1.44. The molecule has 0 spiro atoms. The molecule has 2 aliphatic rings. The van der Waals surface area contributed by atoms with Crippen LogP contribution < -0.4 is 4.90 Å². The molecule has 0 bridgehead atoms. The first kappa shape index (κ1) is 22.3. The molecule has 0 amide bonds. The van der Waals surface area contributed by atoms with Gasteiger partial charge in [0.15, 0.2) is 0 Å². The molecule has 42 heavy (non-hydrogen) atoms. The average Bonchev–Trinajstić information content (AvgIpc) is 3.06. The molecule has 8 aromatic carbocycles. The molecule has 0 unspecified atom stereocenters. The van der Waals surface area contributed by atoms with Crippen molar-refractivity contribution in [3.05, 3.63) is 157 Å². The zero-order valence-electron chi connectivity index (χ0n) is 22.9. The van der Waals surface area contributed by atoms with Crippen LogP contribution in [-0.2, 0) is 0 Å². The highest BCUT2D eigenvalue weighted by Gasteiger charge is 2.41. The Kier molecular flexibility index (Phi) is 4.29. The molecule has 1 heteroatoms. The molecule has 0 radical (unpaired) electrons. The molecule has 0 aliphatic carbocycles. The van der Waals surface area contributed by atoms with E-state index in [1.54, 1.807) is 0 Å². The highest BCUT2D eigenvalue weighted by Crippen LogP contribution is 2.61. The van der Waals surface area contributed by atoms with Crippen LogP contribution in [0.25, 0.3) is 65.3 Å². The zero-order valence-corrected chi connectivity index (χ0v) is 22.9. The van der Waals surface area contributed by atoms with E-state index in [1.807, 2.05) is 0 Å². The fraction of sp³-hybridized carbons (Fsp3) is 0.0244. The van der Waals surface area contributed by atoms with Crippen molar-refractivity contribution in [1.82, 2.24) is 0 Å². The number of anilines is 2. The molecular formula is C41H25N. The third kappa shape index (κ3) is 2.78. The first-order chi connectivity index (χ1) is 20.9. The third-order valence-corrected chi connectivity index (χ3v) is 9.60. The van der Waals surface area contributed by atoms with E-state index in [9.17, 15) is 0 Å².